The summed E-state index contributed by atoms with van der Waals surface area (Å²) in [7, 11) is 0. The summed E-state index contributed by atoms with van der Waals surface area (Å²) in [5.41, 5.74) is 1.94. The number of hydrogen-bond acceptors (Lipinski definition) is 4. The maximum absolute atomic E-state index is 11.7. The summed E-state index contributed by atoms with van der Waals surface area (Å²) in [5, 5.41) is 0. The zero-order chi connectivity index (χ0) is 17.3. The SMILES string of the molecule is CC(=O)O[C@H]1C[C@H]2CC3C[C@]2(CCC32OCCO2)[C@@]2(C)CCCC=C12. The predicted molar refractivity (Wildman–Crippen MR) is 92.7 cm³/mol. The molecule has 0 aromatic carbocycles. The van der Waals surface area contributed by atoms with Gasteiger partial charge in [0.05, 0.1) is 13.2 Å². The summed E-state index contributed by atoms with van der Waals surface area (Å²) >= 11 is 0. The van der Waals surface area contributed by atoms with Gasteiger partial charge in [-0.15, -0.1) is 0 Å². The first kappa shape index (κ1) is 16.3. The molecule has 3 saturated carbocycles. The lowest BCUT2D eigenvalue weighted by Crippen LogP contribution is -2.55. The second-order valence-electron chi connectivity index (χ2n) is 9.22. The first-order valence-electron chi connectivity index (χ1n) is 10.1. The molecule has 5 atom stereocenters. The lowest BCUT2D eigenvalue weighted by Gasteiger charge is -2.60. The summed E-state index contributed by atoms with van der Waals surface area (Å²) in [6, 6.07) is 0. The number of carbonyl (C=O) groups is 1. The van der Waals surface area contributed by atoms with E-state index < -0.39 is 0 Å². The van der Waals surface area contributed by atoms with Crippen molar-refractivity contribution in [3.05, 3.63) is 11.6 Å². The van der Waals surface area contributed by atoms with Crippen LogP contribution in [0.15, 0.2) is 11.6 Å². The molecular weight excluding hydrogens is 316 g/mol. The molecule has 2 bridgehead atoms. The number of ether oxygens (including phenoxy) is 3. The van der Waals surface area contributed by atoms with Crippen molar-refractivity contribution >= 4 is 5.97 Å². The highest BCUT2D eigenvalue weighted by molar-refractivity contribution is 5.66. The molecule has 1 unspecified atom stereocenters. The smallest absolute Gasteiger partial charge is 0.303 e. The van der Waals surface area contributed by atoms with Crippen LogP contribution < -0.4 is 0 Å². The number of hydrogen-bond donors (Lipinski definition) is 0. The summed E-state index contributed by atoms with van der Waals surface area (Å²) in [6.07, 6.45) is 11.6. The number of rotatable bonds is 1. The third-order valence-electron chi connectivity index (χ3n) is 8.41. The Balaban J connectivity index is 1.54. The fraction of sp³-hybridized carbons (Fsp3) is 0.857. The first-order valence-corrected chi connectivity index (χ1v) is 10.1. The van der Waals surface area contributed by atoms with Crippen molar-refractivity contribution < 1.29 is 19.0 Å². The van der Waals surface area contributed by atoms with Crippen molar-refractivity contribution in [2.75, 3.05) is 13.2 Å². The zero-order valence-corrected chi connectivity index (χ0v) is 15.5. The van der Waals surface area contributed by atoms with Crippen molar-refractivity contribution in [1.29, 1.82) is 0 Å². The second-order valence-corrected chi connectivity index (χ2v) is 9.22. The topological polar surface area (TPSA) is 44.8 Å². The van der Waals surface area contributed by atoms with Gasteiger partial charge in [0.15, 0.2) is 5.79 Å². The Morgan fingerprint density at radius 3 is 2.72 bits per heavy atom. The average molecular weight is 346 g/mol. The summed E-state index contributed by atoms with van der Waals surface area (Å²) in [5.74, 6) is 0.669. The van der Waals surface area contributed by atoms with Gasteiger partial charge in [0.1, 0.15) is 6.10 Å². The second kappa shape index (κ2) is 5.32. The molecule has 0 N–H and O–H groups in total. The van der Waals surface area contributed by atoms with E-state index in [-0.39, 0.29) is 23.3 Å². The van der Waals surface area contributed by atoms with Crippen molar-refractivity contribution in [3.63, 3.8) is 0 Å². The predicted octanol–water partition coefficient (Wildman–Crippen LogP) is 3.99. The maximum atomic E-state index is 11.7. The van der Waals surface area contributed by atoms with E-state index in [0.29, 0.717) is 17.3 Å². The Hall–Kier alpha value is -0.870. The Bertz CT molecular complexity index is 619. The van der Waals surface area contributed by atoms with E-state index in [0.717, 1.165) is 32.5 Å². The van der Waals surface area contributed by atoms with Gasteiger partial charge in [-0.25, -0.2) is 0 Å². The first-order chi connectivity index (χ1) is 12.0. The van der Waals surface area contributed by atoms with E-state index in [1.54, 1.807) is 6.92 Å². The standard InChI is InChI=1S/C21H30O4/c1-14(22)25-18-12-15-11-16-13-20(15,7-8-21(16)23-9-10-24-21)19(2)6-4-3-5-17(18)19/h5,15-16,18H,3-4,6-13H2,1-2H3/t15-,16?,18+,19+,20+/m1/s1. The van der Waals surface area contributed by atoms with E-state index in [1.807, 2.05) is 0 Å². The molecule has 1 saturated heterocycles. The van der Waals surface area contributed by atoms with Crippen molar-refractivity contribution in [3.8, 4) is 0 Å². The Morgan fingerprint density at radius 2 is 1.96 bits per heavy atom. The third kappa shape index (κ3) is 2.04. The van der Waals surface area contributed by atoms with Crippen molar-refractivity contribution in [1.82, 2.24) is 0 Å². The third-order valence-corrected chi connectivity index (χ3v) is 8.41. The molecule has 0 amide bonds. The minimum atomic E-state index is -0.311. The lowest BCUT2D eigenvalue weighted by atomic mass is 9.46. The van der Waals surface area contributed by atoms with Crippen LogP contribution >= 0.6 is 0 Å². The quantitative estimate of drug-likeness (QED) is 0.532. The van der Waals surface area contributed by atoms with Gasteiger partial charge >= 0.3 is 5.97 Å². The molecule has 1 aliphatic heterocycles. The molecule has 0 radical (unpaired) electrons. The highest BCUT2D eigenvalue weighted by Crippen LogP contribution is 2.73. The fourth-order valence-electron chi connectivity index (χ4n) is 7.43. The Morgan fingerprint density at radius 1 is 1.16 bits per heavy atom. The van der Waals surface area contributed by atoms with Gasteiger partial charge in [0, 0.05) is 19.3 Å². The van der Waals surface area contributed by atoms with Gasteiger partial charge in [-0.3, -0.25) is 4.79 Å². The van der Waals surface area contributed by atoms with Gasteiger partial charge in [-0.05, 0) is 67.3 Å². The largest absolute Gasteiger partial charge is 0.458 e. The molecule has 5 rings (SSSR count). The number of fused-ring (bicyclic) bond motifs is 3. The molecule has 0 aromatic heterocycles. The number of esters is 1. The molecule has 25 heavy (non-hydrogen) atoms. The van der Waals surface area contributed by atoms with Crippen LogP contribution in [0.3, 0.4) is 0 Å². The van der Waals surface area contributed by atoms with E-state index in [2.05, 4.69) is 13.0 Å². The highest BCUT2D eigenvalue weighted by atomic mass is 16.7. The van der Waals surface area contributed by atoms with E-state index in [9.17, 15) is 4.79 Å². The van der Waals surface area contributed by atoms with Crippen LogP contribution in [0.2, 0.25) is 0 Å². The molecular formula is C21H30O4. The van der Waals surface area contributed by atoms with Crippen LogP contribution in [0.5, 0.6) is 0 Å². The number of carbonyl (C=O) groups excluding carboxylic acids is 1. The van der Waals surface area contributed by atoms with Gasteiger partial charge in [-0.1, -0.05) is 13.0 Å². The summed E-state index contributed by atoms with van der Waals surface area (Å²) < 4.78 is 18.1. The van der Waals surface area contributed by atoms with E-state index in [1.165, 1.54) is 37.7 Å². The van der Waals surface area contributed by atoms with Crippen LogP contribution in [0.25, 0.3) is 0 Å². The van der Waals surface area contributed by atoms with Crippen molar-refractivity contribution in [2.45, 2.75) is 77.1 Å². The monoisotopic (exact) mass is 346 g/mol. The van der Waals surface area contributed by atoms with Gasteiger partial charge in [-0.2, -0.15) is 0 Å². The Kier molecular flexibility index (Phi) is 3.47. The molecule has 4 heteroatoms. The van der Waals surface area contributed by atoms with Gasteiger partial charge in [0.25, 0.3) is 0 Å². The lowest BCUT2D eigenvalue weighted by molar-refractivity contribution is -0.222. The molecule has 4 nitrogen and oxygen atoms in total. The molecule has 4 fully saturated rings. The summed E-state index contributed by atoms with van der Waals surface area (Å²) in [4.78, 5) is 11.7. The van der Waals surface area contributed by atoms with Gasteiger partial charge in [0.2, 0.25) is 0 Å². The molecule has 1 heterocycles. The van der Waals surface area contributed by atoms with Crippen LogP contribution in [-0.2, 0) is 19.0 Å². The van der Waals surface area contributed by atoms with Gasteiger partial charge < -0.3 is 14.2 Å². The maximum Gasteiger partial charge on any atom is 0.303 e. The van der Waals surface area contributed by atoms with E-state index in [4.69, 9.17) is 14.2 Å². The number of allylic oxidation sites excluding steroid dienone is 1. The van der Waals surface area contributed by atoms with Crippen LogP contribution in [0, 0.1) is 22.7 Å². The average Bonchev–Trinajstić information content (AvgIpc) is 3.16. The zero-order valence-electron chi connectivity index (χ0n) is 15.5. The van der Waals surface area contributed by atoms with Crippen molar-refractivity contribution in [2.24, 2.45) is 22.7 Å². The highest BCUT2D eigenvalue weighted by Gasteiger charge is 2.69. The van der Waals surface area contributed by atoms with Crippen LogP contribution in [0.4, 0.5) is 0 Å². The van der Waals surface area contributed by atoms with Crippen LogP contribution in [0.1, 0.15) is 65.2 Å². The summed E-state index contributed by atoms with van der Waals surface area (Å²) in [6.45, 7) is 5.50. The minimum Gasteiger partial charge on any atom is -0.458 e. The van der Waals surface area contributed by atoms with Crippen LogP contribution in [-0.4, -0.2) is 31.1 Å². The molecule has 2 spiro atoms. The molecule has 4 aliphatic carbocycles. The Labute approximate surface area is 150 Å². The molecule has 5 aliphatic rings. The fourth-order valence-corrected chi connectivity index (χ4v) is 7.43. The van der Waals surface area contributed by atoms with E-state index >= 15 is 0 Å². The molecule has 0 aromatic rings. The molecule has 138 valence electrons. The minimum absolute atomic E-state index is 0.0147. The normalized spacial score (nSPS) is 47.1.